The fourth-order valence-electron chi connectivity index (χ4n) is 3.42. The summed E-state index contributed by atoms with van der Waals surface area (Å²) in [5, 5.41) is 2.24. The Balaban J connectivity index is 1.61. The van der Waals surface area contributed by atoms with Crippen molar-refractivity contribution in [2.75, 3.05) is 4.90 Å². The molecule has 190 valence electrons. The zero-order valence-electron chi connectivity index (χ0n) is 18.4. The van der Waals surface area contributed by atoms with Crippen molar-refractivity contribution in [3.05, 3.63) is 97.4 Å². The topological polar surface area (TPSA) is 75.7 Å². The molecule has 12 heteroatoms. The van der Waals surface area contributed by atoms with Crippen molar-refractivity contribution in [1.29, 1.82) is 0 Å². The number of amides is 4. The van der Waals surface area contributed by atoms with Crippen LogP contribution in [0.1, 0.15) is 16.7 Å². The van der Waals surface area contributed by atoms with Crippen molar-refractivity contribution in [3.63, 3.8) is 0 Å². The summed E-state index contributed by atoms with van der Waals surface area (Å²) < 4.78 is 45.9. The summed E-state index contributed by atoms with van der Waals surface area (Å²) in [6.45, 7) is 0.231. The van der Waals surface area contributed by atoms with Crippen molar-refractivity contribution >= 4 is 68.7 Å². The standard InChI is InChI=1S/C25H14BrCl2F3N2O4/c26-18-10-13(4-7-21(18)37-12-14-2-1-3-16(27)8-14)9-17-22(34)32-24(36)33(23(17)35)20-11-15(25(29,30)31)5-6-19(20)28/h1-11H,12H2,(H,32,34,36)/b17-9-. The number of carbonyl (C=O) groups excluding carboxylic acids is 3. The van der Waals surface area contributed by atoms with Crippen molar-refractivity contribution in [1.82, 2.24) is 5.32 Å². The molecule has 1 aliphatic rings. The maximum absolute atomic E-state index is 13.2. The molecule has 0 saturated carbocycles. The second-order valence-electron chi connectivity index (χ2n) is 7.73. The van der Waals surface area contributed by atoms with Gasteiger partial charge in [-0.15, -0.1) is 0 Å². The number of nitrogens with zero attached hydrogens (tertiary/aromatic N) is 1. The quantitative estimate of drug-likeness (QED) is 0.248. The van der Waals surface area contributed by atoms with E-state index in [9.17, 15) is 27.6 Å². The lowest BCUT2D eigenvalue weighted by atomic mass is 10.1. The van der Waals surface area contributed by atoms with E-state index in [0.29, 0.717) is 37.8 Å². The van der Waals surface area contributed by atoms with E-state index < -0.39 is 40.8 Å². The average Bonchev–Trinajstić information content (AvgIpc) is 2.81. The third-order valence-corrected chi connectivity index (χ3v) is 6.34. The summed E-state index contributed by atoms with van der Waals surface area (Å²) in [4.78, 5) is 38.3. The number of halogens is 6. The highest BCUT2D eigenvalue weighted by atomic mass is 79.9. The number of urea groups is 1. The molecule has 0 unspecified atom stereocenters. The van der Waals surface area contributed by atoms with Gasteiger partial charge in [-0.3, -0.25) is 14.9 Å². The van der Waals surface area contributed by atoms with E-state index >= 15 is 0 Å². The lowest BCUT2D eigenvalue weighted by molar-refractivity contribution is -0.137. The molecule has 3 aromatic carbocycles. The molecule has 0 atom stereocenters. The van der Waals surface area contributed by atoms with Crippen LogP contribution in [0.2, 0.25) is 10.0 Å². The smallest absolute Gasteiger partial charge is 0.416 e. The van der Waals surface area contributed by atoms with Crippen molar-refractivity contribution < 1.29 is 32.3 Å². The van der Waals surface area contributed by atoms with E-state index in [0.717, 1.165) is 11.6 Å². The van der Waals surface area contributed by atoms with Gasteiger partial charge in [-0.1, -0.05) is 41.4 Å². The SMILES string of the molecule is O=C1NC(=O)N(c2cc(C(F)(F)F)ccc2Cl)C(=O)/C1=C\c1ccc(OCc2cccc(Cl)c2)c(Br)c1. The van der Waals surface area contributed by atoms with Crippen LogP contribution in [0.3, 0.4) is 0 Å². The molecule has 3 aromatic rings. The first-order valence-electron chi connectivity index (χ1n) is 10.4. The Labute approximate surface area is 226 Å². The summed E-state index contributed by atoms with van der Waals surface area (Å²) in [5.41, 5.74) is -0.888. The van der Waals surface area contributed by atoms with Crippen LogP contribution < -0.4 is 15.0 Å². The number of rotatable bonds is 5. The normalized spacial score (nSPS) is 15.2. The summed E-state index contributed by atoms with van der Waals surface area (Å²) in [6, 6.07) is 12.8. The van der Waals surface area contributed by atoms with E-state index in [1.165, 1.54) is 6.08 Å². The Bertz CT molecular complexity index is 1460. The van der Waals surface area contributed by atoms with E-state index in [-0.39, 0.29) is 11.6 Å². The van der Waals surface area contributed by atoms with Gasteiger partial charge >= 0.3 is 12.2 Å². The minimum absolute atomic E-state index is 0.231. The van der Waals surface area contributed by atoms with Gasteiger partial charge in [0.25, 0.3) is 11.8 Å². The number of imide groups is 2. The molecule has 0 aliphatic carbocycles. The van der Waals surface area contributed by atoms with E-state index in [1.807, 2.05) is 11.4 Å². The number of nitrogens with one attached hydrogen (secondary N) is 1. The summed E-state index contributed by atoms with van der Waals surface area (Å²) >= 11 is 15.3. The molecule has 1 N–H and O–H groups in total. The monoisotopic (exact) mass is 612 g/mol. The Morgan fingerprint density at radius 2 is 1.76 bits per heavy atom. The second kappa shape index (κ2) is 10.6. The predicted molar refractivity (Wildman–Crippen MR) is 135 cm³/mol. The molecule has 1 fully saturated rings. The molecule has 0 radical (unpaired) electrons. The molecule has 1 aliphatic heterocycles. The molecule has 0 spiro atoms. The molecular weight excluding hydrogens is 600 g/mol. The summed E-state index contributed by atoms with van der Waals surface area (Å²) in [6.07, 6.45) is -3.55. The van der Waals surface area contributed by atoms with Gasteiger partial charge in [-0.2, -0.15) is 13.2 Å². The number of carbonyl (C=O) groups is 3. The number of anilines is 1. The lowest BCUT2D eigenvalue weighted by Crippen LogP contribution is -2.54. The maximum atomic E-state index is 13.2. The highest BCUT2D eigenvalue weighted by Crippen LogP contribution is 2.37. The fourth-order valence-corrected chi connectivity index (χ4v) is 4.34. The summed E-state index contributed by atoms with van der Waals surface area (Å²) in [5.74, 6) is -1.67. The van der Waals surface area contributed by atoms with Gasteiger partial charge in [0, 0.05) is 5.02 Å². The van der Waals surface area contributed by atoms with Crippen LogP contribution >= 0.6 is 39.1 Å². The molecule has 4 amide bonds. The van der Waals surface area contributed by atoms with Crippen LogP contribution in [-0.4, -0.2) is 17.8 Å². The van der Waals surface area contributed by atoms with Gasteiger partial charge in [-0.25, -0.2) is 9.69 Å². The highest BCUT2D eigenvalue weighted by molar-refractivity contribution is 9.10. The van der Waals surface area contributed by atoms with Gasteiger partial charge in [0.15, 0.2) is 0 Å². The van der Waals surface area contributed by atoms with Gasteiger partial charge in [-0.05, 0) is 75.6 Å². The molecule has 0 bridgehead atoms. The molecule has 37 heavy (non-hydrogen) atoms. The van der Waals surface area contributed by atoms with E-state index in [2.05, 4.69) is 15.9 Å². The van der Waals surface area contributed by atoms with Crippen LogP contribution in [0.15, 0.2) is 70.7 Å². The van der Waals surface area contributed by atoms with Gasteiger partial charge in [0.1, 0.15) is 17.9 Å². The molecular formula is C25H14BrCl2F3N2O4. The third kappa shape index (κ3) is 5.98. The number of barbiturate groups is 1. The van der Waals surface area contributed by atoms with Crippen molar-refractivity contribution in [3.8, 4) is 5.75 Å². The Morgan fingerprint density at radius 1 is 1.00 bits per heavy atom. The van der Waals surface area contributed by atoms with Crippen LogP contribution in [-0.2, 0) is 22.4 Å². The largest absolute Gasteiger partial charge is 0.488 e. The van der Waals surface area contributed by atoms with Crippen LogP contribution in [0.4, 0.5) is 23.7 Å². The van der Waals surface area contributed by atoms with Crippen molar-refractivity contribution in [2.24, 2.45) is 0 Å². The molecule has 4 rings (SSSR count). The minimum atomic E-state index is -4.74. The molecule has 0 aromatic heterocycles. The fraction of sp³-hybridized carbons (Fsp3) is 0.0800. The average molecular weight is 614 g/mol. The third-order valence-electron chi connectivity index (χ3n) is 5.17. The zero-order valence-corrected chi connectivity index (χ0v) is 21.5. The number of hydrogen-bond donors (Lipinski definition) is 1. The van der Waals surface area contributed by atoms with Crippen LogP contribution in [0, 0.1) is 0 Å². The van der Waals surface area contributed by atoms with Gasteiger partial charge in [0.05, 0.1) is 20.7 Å². The Kier molecular flexibility index (Phi) is 7.63. The molecule has 1 saturated heterocycles. The first-order valence-corrected chi connectivity index (χ1v) is 11.9. The van der Waals surface area contributed by atoms with Crippen LogP contribution in [0.25, 0.3) is 6.08 Å². The van der Waals surface area contributed by atoms with Gasteiger partial charge in [0.2, 0.25) is 0 Å². The first kappa shape index (κ1) is 26.7. The lowest BCUT2D eigenvalue weighted by Gasteiger charge is -2.27. The zero-order chi connectivity index (χ0) is 26.9. The van der Waals surface area contributed by atoms with Gasteiger partial charge < -0.3 is 4.74 Å². The molecule has 1 heterocycles. The first-order chi connectivity index (χ1) is 17.4. The van der Waals surface area contributed by atoms with E-state index in [1.54, 1.807) is 36.4 Å². The summed E-state index contributed by atoms with van der Waals surface area (Å²) in [7, 11) is 0. The van der Waals surface area contributed by atoms with Crippen LogP contribution in [0.5, 0.6) is 5.75 Å². The number of benzene rings is 3. The number of hydrogen-bond acceptors (Lipinski definition) is 4. The van der Waals surface area contributed by atoms with Crippen molar-refractivity contribution in [2.45, 2.75) is 12.8 Å². The second-order valence-corrected chi connectivity index (χ2v) is 9.43. The number of alkyl halides is 3. The Hall–Kier alpha value is -3.34. The Morgan fingerprint density at radius 3 is 2.43 bits per heavy atom. The predicted octanol–water partition coefficient (Wildman–Crippen LogP) is 7.02. The number of ether oxygens (including phenoxy) is 1. The highest BCUT2D eigenvalue weighted by Gasteiger charge is 2.39. The minimum Gasteiger partial charge on any atom is -0.488 e. The van der Waals surface area contributed by atoms with E-state index in [4.69, 9.17) is 27.9 Å². The maximum Gasteiger partial charge on any atom is 0.416 e. The molecule has 6 nitrogen and oxygen atoms in total.